The summed E-state index contributed by atoms with van der Waals surface area (Å²) in [4.78, 5) is 16.3. The van der Waals surface area contributed by atoms with E-state index < -0.39 is 0 Å². The largest absolute Gasteiger partial charge is 0.497 e. The van der Waals surface area contributed by atoms with Gasteiger partial charge in [0, 0.05) is 47.4 Å². The standard InChI is InChI=1S/C27H25FN6OS2.2H2O/c1-35-21-4-2-3-18(17-21)24-25(34-15-16-36-27(34)32-24)23-9-12-29-26(31-23)30-20-10-13-33(14-11-20)37-22-7-5-19(28)6-8-22;;/h2-9,12,15-17,20H,10-11,13-14H2,1H3,(H,29,30,31);2*1H2. The van der Waals surface area contributed by atoms with Crippen LogP contribution in [0.2, 0.25) is 0 Å². The molecule has 0 radical (unpaired) electrons. The van der Waals surface area contributed by atoms with Gasteiger partial charge in [0.25, 0.3) is 0 Å². The van der Waals surface area contributed by atoms with E-state index in [1.165, 1.54) is 12.1 Å². The topological polar surface area (TPSA) is 131 Å². The summed E-state index contributed by atoms with van der Waals surface area (Å²) in [7, 11) is 1.67. The average molecular weight is 569 g/mol. The van der Waals surface area contributed by atoms with Crippen molar-refractivity contribution in [1.29, 1.82) is 0 Å². The third-order valence-electron chi connectivity index (χ3n) is 6.34. The summed E-state index contributed by atoms with van der Waals surface area (Å²) in [5.74, 6) is 1.19. The SMILES string of the molecule is COc1cccc(-c2nc3sccn3c2-c2ccnc(NC3CCN(Sc4ccc(F)cc4)CC3)n2)c1.O.O. The van der Waals surface area contributed by atoms with Crippen LogP contribution in [0.3, 0.4) is 0 Å². The first-order chi connectivity index (χ1) is 18.2. The fourth-order valence-corrected chi connectivity index (χ4v) is 6.14. The lowest BCUT2D eigenvalue weighted by Gasteiger charge is -2.31. The van der Waals surface area contributed by atoms with Gasteiger partial charge in [-0.2, -0.15) is 0 Å². The lowest BCUT2D eigenvalue weighted by molar-refractivity contribution is 0.357. The maximum Gasteiger partial charge on any atom is 0.223 e. The number of imidazole rings is 1. The van der Waals surface area contributed by atoms with Gasteiger partial charge in [0.05, 0.1) is 18.5 Å². The van der Waals surface area contributed by atoms with Gasteiger partial charge in [0.15, 0.2) is 4.96 Å². The molecule has 0 aliphatic carbocycles. The predicted octanol–water partition coefficient (Wildman–Crippen LogP) is 4.60. The number of halogens is 1. The number of ether oxygens (including phenoxy) is 1. The van der Waals surface area contributed by atoms with Crippen molar-refractivity contribution in [2.75, 3.05) is 25.5 Å². The highest BCUT2D eigenvalue weighted by Gasteiger charge is 2.22. The van der Waals surface area contributed by atoms with Crippen molar-refractivity contribution in [3.8, 4) is 28.4 Å². The van der Waals surface area contributed by atoms with Gasteiger partial charge in [-0.3, -0.25) is 4.40 Å². The normalized spacial score (nSPS) is 14.0. The number of anilines is 1. The molecule has 1 fully saturated rings. The zero-order chi connectivity index (χ0) is 25.2. The van der Waals surface area contributed by atoms with Crippen LogP contribution in [0.4, 0.5) is 10.3 Å². The molecule has 6 rings (SSSR count). The number of benzene rings is 2. The summed E-state index contributed by atoms with van der Waals surface area (Å²) in [6, 6.07) is 16.8. The minimum atomic E-state index is -0.208. The quantitative estimate of drug-likeness (QED) is 0.284. The summed E-state index contributed by atoms with van der Waals surface area (Å²) in [5.41, 5.74) is 3.58. The first kappa shape index (κ1) is 28.5. The fourth-order valence-electron chi connectivity index (χ4n) is 4.48. The summed E-state index contributed by atoms with van der Waals surface area (Å²) in [6.07, 6.45) is 5.76. The number of piperidine rings is 1. The molecule has 3 aromatic heterocycles. The Labute approximate surface area is 233 Å². The van der Waals surface area contributed by atoms with E-state index in [1.807, 2.05) is 54.0 Å². The molecule has 5 aromatic rings. The molecule has 0 spiro atoms. The first-order valence-corrected chi connectivity index (χ1v) is 13.7. The van der Waals surface area contributed by atoms with Gasteiger partial charge in [0.2, 0.25) is 5.95 Å². The number of nitrogens with one attached hydrogen (secondary N) is 1. The Kier molecular flexibility index (Phi) is 9.15. The van der Waals surface area contributed by atoms with Crippen LogP contribution in [0, 0.1) is 5.82 Å². The second-order valence-corrected chi connectivity index (χ2v) is 10.8. The highest BCUT2D eigenvalue weighted by molar-refractivity contribution is 7.97. The molecule has 0 atom stereocenters. The van der Waals surface area contributed by atoms with Crippen molar-refractivity contribution < 1.29 is 20.1 Å². The van der Waals surface area contributed by atoms with E-state index in [0.717, 1.165) is 64.2 Å². The van der Waals surface area contributed by atoms with E-state index in [4.69, 9.17) is 14.7 Å². The average Bonchev–Trinajstić information content (AvgIpc) is 3.53. The number of nitrogens with zero attached hydrogens (tertiary/aromatic N) is 5. The molecule has 9 nitrogen and oxygen atoms in total. The third-order valence-corrected chi connectivity index (χ3v) is 8.20. The van der Waals surface area contributed by atoms with Crippen LogP contribution in [-0.4, -0.2) is 60.9 Å². The molecule has 12 heteroatoms. The van der Waals surface area contributed by atoms with E-state index in [0.29, 0.717) is 5.95 Å². The van der Waals surface area contributed by atoms with Gasteiger partial charge in [-0.1, -0.05) is 12.1 Å². The Hall–Kier alpha value is -3.55. The molecule has 2 aromatic carbocycles. The van der Waals surface area contributed by atoms with Crippen molar-refractivity contribution in [3.05, 3.63) is 78.2 Å². The van der Waals surface area contributed by atoms with Crippen molar-refractivity contribution >= 4 is 34.2 Å². The number of methoxy groups -OCH3 is 1. The van der Waals surface area contributed by atoms with Crippen molar-refractivity contribution in [2.45, 2.75) is 23.8 Å². The van der Waals surface area contributed by atoms with Gasteiger partial charge in [0.1, 0.15) is 17.3 Å². The number of rotatable bonds is 7. The Bertz CT molecular complexity index is 1520. The molecule has 1 aliphatic heterocycles. The number of hydrogen-bond acceptors (Lipinski definition) is 8. The Morgan fingerprint density at radius 2 is 1.85 bits per heavy atom. The van der Waals surface area contributed by atoms with Crippen LogP contribution in [-0.2, 0) is 0 Å². The molecule has 1 aliphatic rings. The minimum absolute atomic E-state index is 0. The third kappa shape index (κ3) is 6.21. The molecule has 1 saturated heterocycles. The van der Waals surface area contributed by atoms with Crippen molar-refractivity contribution in [3.63, 3.8) is 0 Å². The fraction of sp³-hybridized carbons (Fsp3) is 0.222. The number of aromatic nitrogens is 4. The summed E-state index contributed by atoms with van der Waals surface area (Å²) in [5, 5.41) is 5.57. The van der Waals surface area contributed by atoms with E-state index >= 15 is 0 Å². The van der Waals surface area contributed by atoms with Crippen LogP contribution >= 0.6 is 23.3 Å². The highest BCUT2D eigenvalue weighted by Crippen LogP contribution is 2.35. The van der Waals surface area contributed by atoms with Crippen molar-refractivity contribution in [2.24, 2.45) is 0 Å². The molecule has 4 heterocycles. The maximum atomic E-state index is 13.2. The summed E-state index contributed by atoms with van der Waals surface area (Å²) in [6.45, 7) is 1.86. The van der Waals surface area contributed by atoms with Crippen molar-refractivity contribution in [1.82, 2.24) is 23.7 Å². The highest BCUT2D eigenvalue weighted by atomic mass is 32.2. The monoisotopic (exact) mass is 568 g/mol. The van der Waals surface area contributed by atoms with Crippen LogP contribution in [0.5, 0.6) is 5.75 Å². The second-order valence-electron chi connectivity index (χ2n) is 8.75. The predicted molar refractivity (Wildman–Crippen MR) is 154 cm³/mol. The molecule has 204 valence electrons. The van der Waals surface area contributed by atoms with Crippen LogP contribution in [0.25, 0.3) is 27.6 Å². The zero-order valence-electron chi connectivity index (χ0n) is 21.2. The van der Waals surface area contributed by atoms with Gasteiger partial charge in [-0.05, 0) is 67.3 Å². The summed E-state index contributed by atoms with van der Waals surface area (Å²) < 4.78 is 23.0. The Morgan fingerprint density at radius 1 is 1.05 bits per heavy atom. The van der Waals surface area contributed by atoms with Gasteiger partial charge < -0.3 is 21.0 Å². The van der Waals surface area contributed by atoms with E-state index in [2.05, 4.69) is 19.0 Å². The second kappa shape index (κ2) is 12.5. The van der Waals surface area contributed by atoms with Gasteiger partial charge >= 0.3 is 0 Å². The van der Waals surface area contributed by atoms with Crippen LogP contribution in [0.15, 0.2) is 77.3 Å². The number of thiazole rings is 1. The molecular weight excluding hydrogens is 539 g/mol. The van der Waals surface area contributed by atoms with E-state index in [1.54, 1.807) is 36.6 Å². The minimum Gasteiger partial charge on any atom is -0.497 e. The number of hydrogen-bond donors (Lipinski definition) is 1. The van der Waals surface area contributed by atoms with Crippen LogP contribution in [0.1, 0.15) is 12.8 Å². The number of fused-ring (bicyclic) bond motifs is 1. The van der Waals surface area contributed by atoms with Crippen LogP contribution < -0.4 is 10.1 Å². The molecule has 0 bridgehead atoms. The Balaban J connectivity index is 0.00000176. The smallest absolute Gasteiger partial charge is 0.223 e. The summed E-state index contributed by atoms with van der Waals surface area (Å²) >= 11 is 3.27. The maximum absolute atomic E-state index is 13.2. The first-order valence-electron chi connectivity index (χ1n) is 12.0. The Morgan fingerprint density at radius 3 is 2.62 bits per heavy atom. The van der Waals surface area contributed by atoms with Gasteiger partial charge in [-0.15, -0.1) is 11.3 Å². The molecule has 0 saturated carbocycles. The molecule has 0 unspecified atom stereocenters. The molecule has 0 amide bonds. The molecule has 39 heavy (non-hydrogen) atoms. The lowest BCUT2D eigenvalue weighted by Crippen LogP contribution is -2.35. The van der Waals surface area contributed by atoms with Gasteiger partial charge in [-0.25, -0.2) is 23.6 Å². The zero-order valence-corrected chi connectivity index (χ0v) is 22.8. The lowest BCUT2D eigenvalue weighted by atomic mass is 10.1. The molecule has 5 N–H and O–H groups in total. The van der Waals surface area contributed by atoms with E-state index in [9.17, 15) is 4.39 Å². The molecular formula is C27H29FN6O3S2. The van der Waals surface area contributed by atoms with E-state index in [-0.39, 0.29) is 22.8 Å².